The predicted octanol–water partition coefficient (Wildman–Crippen LogP) is 2.77. The molecule has 0 N–H and O–H groups in total. The summed E-state index contributed by atoms with van der Waals surface area (Å²) >= 11 is 6.36. The summed E-state index contributed by atoms with van der Waals surface area (Å²) < 4.78 is 10.7. The van der Waals surface area contributed by atoms with Crippen LogP contribution in [0.2, 0.25) is 0 Å². The minimum Gasteiger partial charge on any atom is -0.476 e. The quantitative estimate of drug-likeness (QED) is 0.411. The van der Waals surface area contributed by atoms with Crippen LogP contribution in [-0.4, -0.2) is 28.8 Å². The van der Waals surface area contributed by atoms with Gasteiger partial charge in [0.05, 0.1) is 6.10 Å². The van der Waals surface area contributed by atoms with Gasteiger partial charge in [-0.15, -0.1) is 0 Å². The van der Waals surface area contributed by atoms with Crippen molar-refractivity contribution in [2.24, 2.45) is 0 Å². The van der Waals surface area contributed by atoms with Crippen molar-refractivity contribution >= 4 is 34.3 Å². The zero-order valence-corrected chi connectivity index (χ0v) is 11.1. The third-order valence-corrected chi connectivity index (χ3v) is 2.50. The molecule has 0 heterocycles. The molecule has 0 radical (unpaired) electrons. The molecule has 0 rings (SSSR count). The van der Waals surface area contributed by atoms with Crippen LogP contribution in [0.5, 0.6) is 0 Å². The summed E-state index contributed by atoms with van der Waals surface area (Å²) in [5, 5.41) is 0. The van der Waals surface area contributed by atoms with Gasteiger partial charge in [-0.2, -0.15) is 0 Å². The first-order chi connectivity index (χ1) is 7.06. The van der Waals surface area contributed by atoms with Crippen LogP contribution >= 0.6 is 24.0 Å². The van der Waals surface area contributed by atoms with E-state index in [1.807, 2.05) is 20.8 Å². The number of hydrogen-bond acceptors (Lipinski definition) is 5. The van der Waals surface area contributed by atoms with E-state index in [-0.39, 0.29) is 12.1 Å². The molecule has 0 amide bonds. The molecule has 0 saturated carbocycles. The Morgan fingerprint density at radius 1 is 1.47 bits per heavy atom. The van der Waals surface area contributed by atoms with Gasteiger partial charge in [0.2, 0.25) is 4.38 Å². The highest BCUT2D eigenvalue weighted by Crippen LogP contribution is 2.08. The second-order valence-corrected chi connectivity index (χ2v) is 4.93. The number of thiocarbonyl (C=S) groups is 1. The van der Waals surface area contributed by atoms with E-state index < -0.39 is 0 Å². The molecule has 0 saturated heterocycles. The van der Waals surface area contributed by atoms with Gasteiger partial charge in [-0.25, -0.2) is 0 Å². The van der Waals surface area contributed by atoms with Crippen molar-refractivity contribution in [3.05, 3.63) is 0 Å². The largest absolute Gasteiger partial charge is 0.476 e. The van der Waals surface area contributed by atoms with Gasteiger partial charge in [-0.3, -0.25) is 4.79 Å². The van der Waals surface area contributed by atoms with E-state index in [1.165, 1.54) is 11.8 Å². The van der Waals surface area contributed by atoms with Crippen LogP contribution in [0.4, 0.5) is 0 Å². The Hall–Kier alpha value is -0.290. The molecule has 0 aromatic heterocycles. The van der Waals surface area contributed by atoms with E-state index in [9.17, 15) is 4.79 Å². The second-order valence-electron chi connectivity index (χ2n) is 3.24. The number of hydrogen-bond donors (Lipinski definition) is 0. The molecule has 0 unspecified atom stereocenters. The van der Waals surface area contributed by atoms with Crippen molar-refractivity contribution in [2.75, 3.05) is 12.4 Å². The average molecular weight is 250 g/mol. The highest BCUT2D eigenvalue weighted by atomic mass is 32.2. The SMILES string of the molecule is CCCC(=O)OCCSC(=S)OC(C)C. The highest BCUT2D eigenvalue weighted by molar-refractivity contribution is 8.22. The molecule has 0 atom stereocenters. The van der Waals surface area contributed by atoms with Crippen molar-refractivity contribution < 1.29 is 14.3 Å². The average Bonchev–Trinajstić information content (AvgIpc) is 2.12. The van der Waals surface area contributed by atoms with E-state index in [2.05, 4.69) is 0 Å². The first kappa shape index (κ1) is 14.7. The van der Waals surface area contributed by atoms with Gasteiger partial charge in [-0.1, -0.05) is 18.7 Å². The van der Waals surface area contributed by atoms with Crippen LogP contribution in [0.15, 0.2) is 0 Å². The summed E-state index contributed by atoms with van der Waals surface area (Å²) in [5.74, 6) is 0.509. The molecule has 5 heteroatoms. The Morgan fingerprint density at radius 3 is 2.67 bits per heavy atom. The molecular weight excluding hydrogens is 232 g/mol. The van der Waals surface area contributed by atoms with Gasteiger partial charge >= 0.3 is 5.97 Å². The van der Waals surface area contributed by atoms with E-state index in [4.69, 9.17) is 21.7 Å². The molecule has 3 nitrogen and oxygen atoms in total. The molecular formula is C10H18O3S2. The molecule has 0 bridgehead atoms. The molecule has 0 spiro atoms. The van der Waals surface area contributed by atoms with E-state index in [0.29, 0.717) is 23.2 Å². The van der Waals surface area contributed by atoms with Crippen LogP contribution in [0, 0.1) is 0 Å². The first-order valence-electron chi connectivity index (χ1n) is 5.05. The number of thioether (sulfide) groups is 1. The summed E-state index contributed by atoms with van der Waals surface area (Å²) in [7, 11) is 0. The molecule has 0 aromatic carbocycles. The lowest BCUT2D eigenvalue weighted by Crippen LogP contribution is -2.10. The van der Waals surface area contributed by atoms with Crippen molar-refractivity contribution in [3.8, 4) is 0 Å². The van der Waals surface area contributed by atoms with Gasteiger partial charge in [0.1, 0.15) is 6.61 Å². The Balaban J connectivity index is 3.38. The third-order valence-electron chi connectivity index (χ3n) is 1.35. The molecule has 88 valence electrons. The molecule has 15 heavy (non-hydrogen) atoms. The third kappa shape index (κ3) is 10.0. The van der Waals surface area contributed by atoms with E-state index in [0.717, 1.165) is 6.42 Å². The van der Waals surface area contributed by atoms with Crippen molar-refractivity contribution in [1.82, 2.24) is 0 Å². The topological polar surface area (TPSA) is 35.5 Å². The normalized spacial score (nSPS) is 10.1. The van der Waals surface area contributed by atoms with Crippen molar-refractivity contribution in [1.29, 1.82) is 0 Å². The minimum absolute atomic E-state index is 0.104. The van der Waals surface area contributed by atoms with Gasteiger partial charge in [0, 0.05) is 12.2 Å². The summed E-state index contributed by atoms with van der Waals surface area (Å²) in [4.78, 5) is 11.0. The van der Waals surface area contributed by atoms with Crippen molar-refractivity contribution in [2.45, 2.75) is 39.7 Å². The number of carbonyl (C=O) groups is 1. The van der Waals surface area contributed by atoms with Crippen LogP contribution in [0.1, 0.15) is 33.6 Å². The summed E-state index contributed by atoms with van der Waals surface area (Å²) in [6.45, 7) is 6.19. The Morgan fingerprint density at radius 2 is 2.13 bits per heavy atom. The summed E-state index contributed by atoms with van der Waals surface area (Å²) in [6.07, 6.45) is 1.41. The Kier molecular flexibility index (Phi) is 8.80. The lowest BCUT2D eigenvalue weighted by atomic mass is 10.3. The van der Waals surface area contributed by atoms with Crippen LogP contribution in [0.3, 0.4) is 0 Å². The van der Waals surface area contributed by atoms with Crippen LogP contribution < -0.4 is 0 Å². The Bertz CT molecular complexity index is 205. The summed E-state index contributed by atoms with van der Waals surface area (Å²) in [5.41, 5.74) is 0. The monoisotopic (exact) mass is 250 g/mol. The lowest BCUT2D eigenvalue weighted by Gasteiger charge is -2.09. The van der Waals surface area contributed by atoms with E-state index >= 15 is 0 Å². The Labute approximate surface area is 101 Å². The first-order valence-corrected chi connectivity index (χ1v) is 6.44. The fourth-order valence-electron chi connectivity index (χ4n) is 0.783. The van der Waals surface area contributed by atoms with Gasteiger partial charge < -0.3 is 9.47 Å². The number of esters is 1. The molecule has 0 aliphatic carbocycles. The van der Waals surface area contributed by atoms with Gasteiger partial charge in [0.25, 0.3) is 0 Å². The predicted molar refractivity (Wildman–Crippen MR) is 67.1 cm³/mol. The van der Waals surface area contributed by atoms with Crippen molar-refractivity contribution in [3.63, 3.8) is 0 Å². The highest BCUT2D eigenvalue weighted by Gasteiger charge is 2.03. The zero-order valence-electron chi connectivity index (χ0n) is 9.45. The van der Waals surface area contributed by atoms with E-state index in [1.54, 1.807) is 0 Å². The number of rotatable bonds is 6. The molecule has 0 aliphatic heterocycles. The maximum atomic E-state index is 11.0. The minimum atomic E-state index is -0.145. The zero-order chi connectivity index (χ0) is 11.7. The van der Waals surface area contributed by atoms with Gasteiger partial charge in [-0.05, 0) is 32.5 Å². The van der Waals surface area contributed by atoms with Crippen LogP contribution in [0.25, 0.3) is 0 Å². The molecule has 0 aromatic rings. The number of carbonyl (C=O) groups excluding carboxylic acids is 1. The van der Waals surface area contributed by atoms with Crippen LogP contribution in [-0.2, 0) is 14.3 Å². The lowest BCUT2D eigenvalue weighted by molar-refractivity contribution is -0.142. The fraction of sp³-hybridized carbons (Fsp3) is 0.800. The second kappa shape index (κ2) is 8.97. The standard InChI is InChI=1S/C10H18O3S2/c1-4-5-9(11)12-6-7-15-10(14)13-8(2)3/h8H,4-7H2,1-3H3. The van der Waals surface area contributed by atoms with Gasteiger partial charge in [0.15, 0.2) is 0 Å². The smallest absolute Gasteiger partial charge is 0.305 e. The number of ether oxygens (including phenoxy) is 2. The maximum Gasteiger partial charge on any atom is 0.305 e. The fourth-order valence-corrected chi connectivity index (χ4v) is 1.82. The summed E-state index contributed by atoms with van der Waals surface area (Å²) in [6, 6.07) is 0. The molecule has 0 aliphatic rings. The maximum absolute atomic E-state index is 11.0. The molecule has 0 fully saturated rings.